The van der Waals surface area contributed by atoms with Gasteiger partial charge in [-0.15, -0.1) is 24.0 Å². The van der Waals surface area contributed by atoms with Crippen LogP contribution in [0.3, 0.4) is 0 Å². The third-order valence-electron chi connectivity index (χ3n) is 3.29. The smallest absolute Gasteiger partial charge is 0.193 e. The molecule has 1 fully saturated rings. The molecule has 1 aliphatic rings. The van der Waals surface area contributed by atoms with Crippen LogP contribution in [0.2, 0.25) is 0 Å². The van der Waals surface area contributed by atoms with Crippen molar-refractivity contribution >= 4 is 39.8 Å². The molecule has 0 aromatic rings. The van der Waals surface area contributed by atoms with Crippen molar-refractivity contribution in [3.05, 3.63) is 0 Å². The first-order valence-electron chi connectivity index (χ1n) is 6.59. The fourth-order valence-electron chi connectivity index (χ4n) is 2.04. The molecule has 0 aliphatic carbocycles. The summed E-state index contributed by atoms with van der Waals surface area (Å²) in [4.78, 5) is 6.20. The molecule has 1 saturated heterocycles. The second kappa shape index (κ2) is 8.38. The summed E-state index contributed by atoms with van der Waals surface area (Å²) in [5, 5.41) is 3.20. The average molecular weight is 419 g/mol. The number of hydrogen-bond acceptors (Lipinski definition) is 4. The first kappa shape index (κ1) is 19.9. The highest BCUT2D eigenvalue weighted by molar-refractivity contribution is 14.0. The summed E-state index contributed by atoms with van der Waals surface area (Å²) < 4.78 is 28.4. The van der Waals surface area contributed by atoms with Crippen LogP contribution < -0.4 is 5.32 Å². The normalized spacial score (nSPS) is 21.2. The Hall–Kier alpha value is -0.0900. The van der Waals surface area contributed by atoms with Crippen LogP contribution in [-0.4, -0.2) is 69.7 Å². The Kier molecular flexibility index (Phi) is 8.34. The van der Waals surface area contributed by atoms with Crippen LogP contribution in [0.4, 0.5) is 0 Å². The molecule has 0 saturated carbocycles. The highest BCUT2D eigenvalue weighted by Crippen LogP contribution is 2.23. The zero-order valence-corrected chi connectivity index (χ0v) is 15.8. The number of guanidine groups is 1. The maximum atomic E-state index is 12.0. The van der Waals surface area contributed by atoms with Gasteiger partial charge in [0.05, 0.1) is 17.1 Å². The van der Waals surface area contributed by atoms with E-state index in [0.29, 0.717) is 32.8 Å². The van der Waals surface area contributed by atoms with Crippen molar-refractivity contribution in [1.29, 1.82) is 0 Å². The number of halogens is 1. The third-order valence-corrected chi connectivity index (χ3v) is 5.82. The van der Waals surface area contributed by atoms with E-state index in [9.17, 15) is 8.42 Å². The van der Waals surface area contributed by atoms with Gasteiger partial charge in [0, 0.05) is 33.3 Å². The van der Waals surface area contributed by atoms with E-state index in [-0.39, 0.29) is 29.7 Å². The van der Waals surface area contributed by atoms with Gasteiger partial charge in [-0.25, -0.2) is 8.42 Å². The van der Waals surface area contributed by atoms with Crippen LogP contribution in [-0.2, 0) is 14.6 Å². The van der Waals surface area contributed by atoms with Gasteiger partial charge in [0.25, 0.3) is 0 Å². The zero-order chi connectivity index (χ0) is 14.5. The minimum Gasteiger partial charge on any atom is -0.380 e. The Morgan fingerprint density at radius 1 is 1.45 bits per heavy atom. The molecule has 6 nitrogen and oxygen atoms in total. The second-order valence-electron chi connectivity index (χ2n) is 5.17. The first-order valence-corrected chi connectivity index (χ1v) is 8.25. The van der Waals surface area contributed by atoms with Crippen LogP contribution in [0.1, 0.15) is 20.8 Å². The highest BCUT2D eigenvalue weighted by Gasteiger charge is 2.40. The molecule has 0 amide bonds. The van der Waals surface area contributed by atoms with Crippen molar-refractivity contribution in [3.8, 4) is 0 Å². The van der Waals surface area contributed by atoms with E-state index in [1.165, 1.54) is 0 Å². The molecule has 0 bridgehead atoms. The summed E-state index contributed by atoms with van der Waals surface area (Å²) >= 11 is 0. The number of ether oxygens (including phenoxy) is 1. The number of sulfone groups is 1. The molecule has 20 heavy (non-hydrogen) atoms. The monoisotopic (exact) mass is 419 g/mol. The molecule has 8 heteroatoms. The lowest BCUT2D eigenvalue weighted by molar-refractivity contribution is 0.151. The van der Waals surface area contributed by atoms with Gasteiger partial charge in [0.2, 0.25) is 0 Å². The molecule has 1 aliphatic heterocycles. The lowest BCUT2D eigenvalue weighted by Crippen LogP contribution is -2.57. The van der Waals surface area contributed by atoms with E-state index < -0.39 is 14.6 Å². The molecular weight excluding hydrogens is 393 g/mol. The van der Waals surface area contributed by atoms with Crippen LogP contribution in [0.5, 0.6) is 0 Å². The second-order valence-corrected chi connectivity index (χ2v) is 7.91. The lowest BCUT2D eigenvalue weighted by atomic mass is 10.2. The molecule has 1 N–H and O–H groups in total. The quantitative estimate of drug-likeness (QED) is 0.315. The molecule has 1 rings (SSSR count). The maximum Gasteiger partial charge on any atom is 0.193 e. The summed E-state index contributed by atoms with van der Waals surface area (Å²) in [7, 11) is -1.31. The van der Waals surface area contributed by atoms with Crippen molar-refractivity contribution in [2.75, 3.05) is 45.6 Å². The Labute approximate surface area is 139 Å². The number of aliphatic imine (C=N–C) groups is 1. The molecule has 120 valence electrons. The molecule has 0 unspecified atom stereocenters. The van der Waals surface area contributed by atoms with E-state index in [0.717, 1.165) is 5.96 Å². The minimum atomic E-state index is -3.01. The van der Waals surface area contributed by atoms with Gasteiger partial charge >= 0.3 is 0 Å². The zero-order valence-electron chi connectivity index (χ0n) is 12.7. The van der Waals surface area contributed by atoms with Crippen molar-refractivity contribution < 1.29 is 13.2 Å². The number of rotatable bonds is 4. The summed E-state index contributed by atoms with van der Waals surface area (Å²) in [6, 6.07) is 0. The third kappa shape index (κ3) is 5.03. The summed E-state index contributed by atoms with van der Waals surface area (Å²) in [6.07, 6.45) is 0. The fourth-order valence-corrected chi connectivity index (χ4v) is 3.40. The Bertz CT molecular complexity index is 424. The number of nitrogens with zero attached hydrogens (tertiary/aromatic N) is 2. The molecular formula is C12H26IN3O3S. The molecule has 0 aromatic carbocycles. The predicted octanol–water partition coefficient (Wildman–Crippen LogP) is 0.725. The largest absolute Gasteiger partial charge is 0.380 e. The van der Waals surface area contributed by atoms with E-state index >= 15 is 0 Å². The topological polar surface area (TPSA) is 71.0 Å². The first-order chi connectivity index (χ1) is 8.84. The number of nitrogens with one attached hydrogen (secondary N) is 1. The van der Waals surface area contributed by atoms with Gasteiger partial charge in [-0.1, -0.05) is 0 Å². The minimum absolute atomic E-state index is 0. The van der Waals surface area contributed by atoms with E-state index in [2.05, 4.69) is 10.3 Å². The highest BCUT2D eigenvalue weighted by atomic mass is 127. The fraction of sp³-hybridized carbons (Fsp3) is 0.917. The Morgan fingerprint density at radius 2 is 2.10 bits per heavy atom. The Balaban J connectivity index is 0.00000361. The van der Waals surface area contributed by atoms with Gasteiger partial charge in [-0.2, -0.15) is 0 Å². The van der Waals surface area contributed by atoms with E-state index in [1.807, 2.05) is 11.8 Å². The molecule has 0 spiro atoms. The molecule has 1 heterocycles. The summed E-state index contributed by atoms with van der Waals surface area (Å²) in [5.74, 6) is 0.911. The standard InChI is InChI=1S/C12H25N3O3S.HI/c1-5-18-8-6-14-11(13-4)15-7-9-19(16,17)12(2,3)10-15;/h5-10H2,1-4H3,(H,13,14);1H. The van der Waals surface area contributed by atoms with Crippen LogP contribution in [0, 0.1) is 0 Å². The van der Waals surface area contributed by atoms with Gasteiger partial charge in [-0.3, -0.25) is 4.99 Å². The lowest BCUT2D eigenvalue weighted by Gasteiger charge is -2.39. The van der Waals surface area contributed by atoms with Crippen LogP contribution >= 0.6 is 24.0 Å². The predicted molar refractivity (Wildman–Crippen MR) is 92.7 cm³/mol. The average Bonchev–Trinajstić information content (AvgIpc) is 2.33. The van der Waals surface area contributed by atoms with Gasteiger partial charge in [-0.05, 0) is 20.8 Å². The molecule has 0 aromatic heterocycles. The SMILES string of the molecule is CCOCCNC(=NC)N1CCS(=O)(=O)C(C)(C)C1.I. The Morgan fingerprint density at radius 3 is 2.60 bits per heavy atom. The van der Waals surface area contributed by atoms with Crippen molar-refractivity contribution in [3.63, 3.8) is 0 Å². The summed E-state index contributed by atoms with van der Waals surface area (Å²) in [6.45, 7) is 8.41. The van der Waals surface area contributed by atoms with E-state index in [1.54, 1.807) is 20.9 Å². The van der Waals surface area contributed by atoms with Crippen molar-refractivity contribution in [2.24, 2.45) is 4.99 Å². The van der Waals surface area contributed by atoms with Crippen LogP contribution in [0.15, 0.2) is 4.99 Å². The van der Waals surface area contributed by atoms with Crippen molar-refractivity contribution in [2.45, 2.75) is 25.5 Å². The summed E-state index contributed by atoms with van der Waals surface area (Å²) in [5.41, 5.74) is 0. The molecule has 0 radical (unpaired) electrons. The van der Waals surface area contributed by atoms with Crippen molar-refractivity contribution in [1.82, 2.24) is 10.2 Å². The number of hydrogen-bond donors (Lipinski definition) is 1. The van der Waals surface area contributed by atoms with Gasteiger partial charge in [0.1, 0.15) is 0 Å². The van der Waals surface area contributed by atoms with Gasteiger partial charge in [0.15, 0.2) is 15.8 Å². The van der Waals surface area contributed by atoms with Crippen LogP contribution in [0.25, 0.3) is 0 Å². The van der Waals surface area contributed by atoms with E-state index in [4.69, 9.17) is 4.74 Å². The van der Waals surface area contributed by atoms with Gasteiger partial charge < -0.3 is 15.0 Å². The maximum absolute atomic E-state index is 12.0. The molecule has 0 atom stereocenters.